The minimum Gasteiger partial charge on any atom is -0.489 e. The Morgan fingerprint density at radius 3 is 2.63 bits per heavy atom. The smallest absolute Gasteiger partial charge is 0.147 e. The monoisotopic (exact) mass is 363 g/mol. The highest BCUT2D eigenvalue weighted by molar-refractivity contribution is 6.13. The van der Waals surface area contributed by atoms with Gasteiger partial charge in [-0.3, -0.25) is 0 Å². The second kappa shape index (κ2) is 6.58. The van der Waals surface area contributed by atoms with Crippen LogP contribution in [0.25, 0.3) is 17.0 Å². The third kappa shape index (κ3) is 3.45. The molecule has 0 unspecified atom stereocenters. The summed E-state index contributed by atoms with van der Waals surface area (Å²) >= 11 is 0. The molecule has 1 aliphatic heterocycles. The predicted molar refractivity (Wildman–Crippen MR) is 107 cm³/mol. The second-order valence-corrected chi connectivity index (χ2v) is 7.17. The van der Waals surface area contributed by atoms with E-state index < -0.39 is 0 Å². The molecule has 2 N–H and O–H groups in total. The van der Waals surface area contributed by atoms with E-state index in [1.165, 1.54) is 12.1 Å². The molecule has 0 saturated heterocycles. The normalized spacial score (nSPS) is 15.7. The van der Waals surface area contributed by atoms with Crippen LogP contribution in [0.15, 0.2) is 52.9 Å². The summed E-state index contributed by atoms with van der Waals surface area (Å²) in [5, 5.41) is 0.946. The third-order valence-corrected chi connectivity index (χ3v) is 4.46. The van der Waals surface area contributed by atoms with Crippen LogP contribution in [0.4, 0.5) is 4.39 Å². The Labute approximate surface area is 157 Å². The molecule has 0 amide bonds. The molecule has 1 aromatic carbocycles. The average Bonchev–Trinajstić information content (AvgIpc) is 3.25. The number of aryl methyl sites for hydroxylation is 2. The summed E-state index contributed by atoms with van der Waals surface area (Å²) in [6, 6.07) is 8.79. The first-order valence-corrected chi connectivity index (χ1v) is 9.03. The molecule has 27 heavy (non-hydrogen) atoms. The molecule has 4 rings (SSSR count). The van der Waals surface area contributed by atoms with Crippen molar-refractivity contribution in [2.24, 2.45) is 4.99 Å². The van der Waals surface area contributed by atoms with Gasteiger partial charge in [-0.15, -0.1) is 0 Å². The molecule has 0 atom stereocenters. The van der Waals surface area contributed by atoms with Crippen molar-refractivity contribution < 1.29 is 9.13 Å². The van der Waals surface area contributed by atoms with Crippen LogP contribution in [-0.4, -0.2) is 21.8 Å². The number of rotatable bonds is 4. The average molecular weight is 363 g/mol. The van der Waals surface area contributed by atoms with Gasteiger partial charge in [0.1, 0.15) is 17.3 Å². The molecule has 0 fully saturated rings. The van der Waals surface area contributed by atoms with Crippen LogP contribution < -0.4 is 0 Å². The van der Waals surface area contributed by atoms with Gasteiger partial charge >= 0.3 is 0 Å². The first-order valence-electron chi connectivity index (χ1n) is 9.03. The summed E-state index contributed by atoms with van der Waals surface area (Å²) in [6.45, 7) is 8.08. The first-order chi connectivity index (χ1) is 12.9. The van der Waals surface area contributed by atoms with Crippen molar-refractivity contribution in [3.8, 4) is 0 Å². The van der Waals surface area contributed by atoms with Gasteiger partial charge in [0.05, 0.1) is 17.5 Å². The maximum absolute atomic E-state index is 13.5. The highest BCUT2D eigenvalue weighted by atomic mass is 19.1. The maximum atomic E-state index is 13.5. The van der Waals surface area contributed by atoms with E-state index in [0.29, 0.717) is 0 Å². The number of aromatic nitrogens is 2. The van der Waals surface area contributed by atoms with Gasteiger partial charge in [0.2, 0.25) is 0 Å². The van der Waals surface area contributed by atoms with E-state index in [4.69, 9.17) is 9.73 Å². The zero-order chi connectivity index (χ0) is 19.1. The number of aromatic amines is 2. The number of fused-ring (bicyclic) bond motifs is 1. The van der Waals surface area contributed by atoms with Crippen LogP contribution in [0, 0.1) is 19.7 Å². The molecule has 2 aromatic heterocycles. The molecule has 0 aliphatic carbocycles. The van der Waals surface area contributed by atoms with Crippen molar-refractivity contribution in [1.82, 2.24) is 9.97 Å². The third-order valence-electron chi connectivity index (χ3n) is 4.46. The van der Waals surface area contributed by atoms with Crippen LogP contribution in [0.2, 0.25) is 0 Å². The van der Waals surface area contributed by atoms with Crippen LogP contribution >= 0.6 is 0 Å². The predicted octanol–water partition coefficient (Wildman–Crippen LogP) is 5.40. The molecule has 1 aliphatic rings. The zero-order valence-corrected chi connectivity index (χ0v) is 15.9. The van der Waals surface area contributed by atoms with E-state index in [9.17, 15) is 4.39 Å². The minimum absolute atomic E-state index is 0.0393. The van der Waals surface area contributed by atoms with Gasteiger partial charge in [0.15, 0.2) is 0 Å². The molecule has 0 saturated carbocycles. The molecule has 138 valence electrons. The molecule has 3 heterocycles. The summed E-state index contributed by atoms with van der Waals surface area (Å²) in [5.74, 6) is 0.471. The maximum Gasteiger partial charge on any atom is 0.147 e. The number of hydrogen-bond acceptors (Lipinski definition) is 2. The van der Waals surface area contributed by atoms with Crippen molar-refractivity contribution in [2.45, 2.75) is 33.8 Å². The number of benzene rings is 1. The largest absolute Gasteiger partial charge is 0.489 e. The number of H-pyrrole nitrogens is 2. The lowest BCUT2D eigenvalue weighted by molar-refractivity contribution is 0.155. The van der Waals surface area contributed by atoms with Crippen LogP contribution in [-0.2, 0) is 4.74 Å². The zero-order valence-electron chi connectivity index (χ0n) is 15.9. The lowest BCUT2D eigenvalue weighted by Gasteiger charge is -2.11. The van der Waals surface area contributed by atoms with Crippen molar-refractivity contribution in [3.05, 3.63) is 76.3 Å². The Morgan fingerprint density at radius 2 is 1.93 bits per heavy atom. The Bertz CT molecular complexity index is 1110. The van der Waals surface area contributed by atoms with Crippen LogP contribution in [0.1, 0.15) is 36.5 Å². The van der Waals surface area contributed by atoms with Gasteiger partial charge < -0.3 is 14.7 Å². The second-order valence-electron chi connectivity index (χ2n) is 7.17. The number of allylic oxidation sites excluding steroid dienone is 1. The number of halogens is 1. The molecule has 4 nitrogen and oxygen atoms in total. The van der Waals surface area contributed by atoms with E-state index in [-0.39, 0.29) is 11.9 Å². The van der Waals surface area contributed by atoms with E-state index in [0.717, 1.165) is 50.7 Å². The fraction of sp³-hybridized carbons (Fsp3) is 0.227. The standard InChI is InChI=1S/C22H22FN3O/c1-12(2)27-22-11-20(19-8-15-5-6-16(23)9-18(15)25-19)26-21(22)10-17-13(3)7-14(4)24-17/h5-12,24-25H,1-4H3/b21-10-. The fourth-order valence-corrected chi connectivity index (χ4v) is 3.28. The highest BCUT2D eigenvalue weighted by Crippen LogP contribution is 2.28. The molecular weight excluding hydrogens is 341 g/mol. The van der Waals surface area contributed by atoms with Crippen LogP contribution in [0.5, 0.6) is 0 Å². The SMILES string of the molecule is Cc1cc(C)c(/C=C2\N=C(c3cc4ccc(F)cc4[nH]3)C=C2OC(C)C)[nH]1. The molecule has 5 heteroatoms. The van der Waals surface area contributed by atoms with E-state index in [2.05, 4.69) is 23.0 Å². The van der Waals surface area contributed by atoms with Gasteiger partial charge in [-0.2, -0.15) is 0 Å². The molecule has 0 spiro atoms. The summed E-state index contributed by atoms with van der Waals surface area (Å²) in [6.07, 6.45) is 3.97. The van der Waals surface area contributed by atoms with Crippen molar-refractivity contribution in [2.75, 3.05) is 0 Å². The summed E-state index contributed by atoms with van der Waals surface area (Å²) in [7, 11) is 0. The van der Waals surface area contributed by atoms with Gasteiger partial charge in [-0.05, 0) is 69.7 Å². The van der Waals surface area contributed by atoms with Crippen molar-refractivity contribution in [3.63, 3.8) is 0 Å². The first kappa shape index (κ1) is 17.3. The van der Waals surface area contributed by atoms with E-state index in [1.807, 2.05) is 39.0 Å². The van der Waals surface area contributed by atoms with Crippen molar-refractivity contribution in [1.29, 1.82) is 0 Å². The Morgan fingerprint density at radius 1 is 1.11 bits per heavy atom. The number of aliphatic imine (C=N–C) groups is 1. The Hall–Kier alpha value is -3.08. The fourth-order valence-electron chi connectivity index (χ4n) is 3.28. The number of ether oxygens (including phenoxy) is 1. The summed E-state index contributed by atoms with van der Waals surface area (Å²) in [4.78, 5) is 11.4. The number of nitrogens with one attached hydrogen (secondary N) is 2. The lowest BCUT2D eigenvalue weighted by atomic mass is 10.2. The summed E-state index contributed by atoms with van der Waals surface area (Å²) in [5.41, 5.74) is 6.42. The Kier molecular flexibility index (Phi) is 4.22. The Balaban J connectivity index is 1.77. The van der Waals surface area contributed by atoms with E-state index >= 15 is 0 Å². The quantitative estimate of drug-likeness (QED) is 0.640. The highest BCUT2D eigenvalue weighted by Gasteiger charge is 2.20. The number of nitrogens with zero attached hydrogens (tertiary/aromatic N) is 1. The lowest BCUT2D eigenvalue weighted by Crippen LogP contribution is -2.02. The molecule has 0 bridgehead atoms. The molecular formula is C22H22FN3O. The molecule has 0 radical (unpaired) electrons. The van der Waals surface area contributed by atoms with Gasteiger partial charge in [-0.25, -0.2) is 9.38 Å². The van der Waals surface area contributed by atoms with Crippen molar-refractivity contribution >= 4 is 22.7 Å². The van der Waals surface area contributed by atoms with Gasteiger partial charge in [0, 0.05) is 28.4 Å². The minimum atomic E-state index is -0.262. The van der Waals surface area contributed by atoms with Crippen LogP contribution in [0.3, 0.4) is 0 Å². The topological polar surface area (TPSA) is 53.2 Å². The number of hydrogen-bond donors (Lipinski definition) is 2. The van der Waals surface area contributed by atoms with Gasteiger partial charge in [0.25, 0.3) is 0 Å². The van der Waals surface area contributed by atoms with Gasteiger partial charge in [-0.1, -0.05) is 0 Å². The summed E-state index contributed by atoms with van der Waals surface area (Å²) < 4.78 is 19.5. The van der Waals surface area contributed by atoms with E-state index in [1.54, 1.807) is 6.07 Å². The molecule has 3 aromatic rings.